The van der Waals surface area contributed by atoms with Crippen LogP contribution in [0.25, 0.3) is 0 Å². The summed E-state index contributed by atoms with van der Waals surface area (Å²) in [5.41, 5.74) is 0.406. The summed E-state index contributed by atoms with van der Waals surface area (Å²) in [6, 6.07) is 5.92. The van der Waals surface area contributed by atoms with Crippen LogP contribution in [-0.4, -0.2) is 23.9 Å². The van der Waals surface area contributed by atoms with Crippen molar-refractivity contribution in [3.63, 3.8) is 0 Å². The number of fused-ring (bicyclic) bond motifs is 1. The van der Waals surface area contributed by atoms with Crippen LogP contribution in [0.3, 0.4) is 0 Å². The van der Waals surface area contributed by atoms with E-state index in [0.29, 0.717) is 5.69 Å². The Morgan fingerprint density at radius 3 is 2.86 bits per heavy atom. The molecule has 2 bridgehead atoms. The monoisotopic (exact) mass is 300 g/mol. The van der Waals surface area contributed by atoms with Gasteiger partial charge in [-0.05, 0) is 36.5 Å². The van der Waals surface area contributed by atoms with Crippen LogP contribution >= 0.6 is 0 Å². The molecule has 3 aliphatic rings. The van der Waals surface area contributed by atoms with E-state index < -0.39 is 5.97 Å². The fraction of sp³-hybridized carbons (Fsp3) is 0.438. The van der Waals surface area contributed by atoms with Crippen LogP contribution in [0.1, 0.15) is 23.2 Å². The Balaban J connectivity index is 1.55. The van der Waals surface area contributed by atoms with E-state index in [9.17, 15) is 19.5 Å². The summed E-state index contributed by atoms with van der Waals surface area (Å²) in [4.78, 5) is 35.3. The summed E-state index contributed by atoms with van der Waals surface area (Å²) < 4.78 is 5.32. The van der Waals surface area contributed by atoms with Crippen LogP contribution in [0.5, 0.6) is 0 Å². The molecule has 1 aromatic carbocycles. The second-order valence-electron chi connectivity index (χ2n) is 6.28. The van der Waals surface area contributed by atoms with Crippen molar-refractivity contribution in [1.82, 2.24) is 0 Å². The van der Waals surface area contributed by atoms with Crippen molar-refractivity contribution in [3.05, 3.63) is 29.8 Å². The molecule has 4 rings (SSSR count). The van der Waals surface area contributed by atoms with Crippen molar-refractivity contribution in [1.29, 1.82) is 0 Å². The first-order chi connectivity index (χ1) is 10.5. The summed E-state index contributed by atoms with van der Waals surface area (Å²) in [6.45, 7) is 0. The van der Waals surface area contributed by atoms with E-state index in [1.54, 1.807) is 12.1 Å². The quantitative estimate of drug-likeness (QED) is 0.804. The molecule has 114 valence electrons. The van der Waals surface area contributed by atoms with Crippen molar-refractivity contribution in [3.8, 4) is 0 Å². The highest BCUT2D eigenvalue weighted by atomic mass is 16.6. The molecule has 1 aromatic rings. The number of anilines is 1. The van der Waals surface area contributed by atoms with Gasteiger partial charge in [0.15, 0.2) is 0 Å². The van der Waals surface area contributed by atoms with Gasteiger partial charge in [-0.1, -0.05) is 12.1 Å². The summed E-state index contributed by atoms with van der Waals surface area (Å²) >= 11 is 0. The second-order valence-corrected chi connectivity index (χ2v) is 6.28. The van der Waals surface area contributed by atoms with Gasteiger partial charge >= 0.3 is 5.97 Å². The number of carbonyl (C=O) groups is 3. The molecule has 3 fully saturated rings. The van der Waals surface area contributed by atoms with E-state index in [1.165, 1.54) is 12.1 Å². The number of carbonyl (C=O) groups excluding carboxylic acids is 3. The lowest BCUT2D eigenvalue weighted by Crippen LogP contribution is -2.35. The number of ether oxygens (including phenoxy) is 1. The minimum Gasteiger partial charge on any atom is -0.545 e. The first-order valence-electron chi connectivity index (χ1n) is 7.37. The van der Waals surface area contributed by atoms with Gasteiger partial charge in [-0.25, -0.2) is 0 Å². The third-order valence-corrected chi connectivity index (χ3v) is 5.15. The average Bonchev–Trinajstić information content (AvgIpc) is 3.08. The van der Waals surface area contributed by atoms with Crippen molar-refractivity contribution < 1.29 is 24.2 Å². The zero-order valence-electron chi connectivity index (χ0n) is 11.7. The fourth-order valence-electron chi connectivity index (χ4n) is 4.31. The fourth-order valence-corrected chi connectivity index (χ4v) is 4.31. The predicted molar refractivity (Wildman–Crippen MR) is 72.5 cm³/mol. The van der Waals surface area contributed by atoms with Gasteiger partial charge in [-0.15, -0.1) is 0 Å². The van der Waals surface area contributed by atoms with E-state index in [2.05, 4.69) is 5.32 Å². The van der Waals surface area contributed by atoms with Crippen molar-refractivity contribution >= 4 is 23.5 Å². The molecular formula is C16H14NO5-. The van der Waals surface area contributed by atoms with Crippen LogP contribution in [0, 0.1) is 23.7 Å². The van der Waals surface area contributed by atoms with Crippen LogP contribution in [0.15, 0.2) is 24.3 Å². The number of rotatable bonds is 3. The van der Waals surface area contributed by atoms with Crippen LogP contribution in [-0.2, 0) is 14.3 Å². The molecule has 1 amide bonds. The van der Waals surface area contributed by atoms with Gasteiger partial charge < -0.3 is 20.0 Å². The number of esters is 1. The molecule has 0 unspecified atom stereocenters. The molecule has 0 radical (unpaired) electrons. The third kappa shape index (κ3) is 1.83. The largest absolute Gasteiger partial charge is 0.545 e. The Morgan fingerprint density at radius 1 is 1.27 bits per heavy atom. The number of aromatic carboxylic acids is 1. The highest BCUT2D eigenvalue weighted by Gasteiger charge is 2.63. The minimum absolute atomic E-state index is 0.00563. The molecule has 1 aliphatic heterocycles. The second kappa shape index (κ2) is 4.56. The molecule has 1 heterocycles. The molecule has 6 heteroatoms. The molecule has 0 aromatic heterocycles. The summed E-state index contributed by atoms with van der Waals surface area (Å²) in [5, 5.41) is 13.6. The maximum Gasteiger partial charge on any atom is 0.310 e. The number of benzene rings is 1. The molecule has 1 N–H and O–H groups in total. The van der Waals surface area contributed by atoms with Gasteiger partial charge in [0.2, 0.25) is 5.91 Å². The maximum absolute atomic E-state index is 12.5. The predicted octanol–water partition coefficient (Wildman–Crippen LogP) is 0.186. The summed E-state index contributed by atoms with van der Waals surface area (Å²) in [7, 11) is 0. The number of hydrogen-bond donors (Lipinski definition) is 1. The first kappa shape index (κ1) is 13.3. The zero-order valence-corrected chi connectivity index (χ0v) is 11.7. The van der Waals surface area contributed by atoms with Crippen LogP contribution in [0.4, 0.5) is 5.69 Å². The number of carboxylic acids is 1. The number of nitrogens with one attached hydrogen (secondary N) is 1. The molecule has 22 heavy (non-hydrogen) atoms. The highest BCUT2D eigenvalue weighted by Crippen LogP contribution is 2.57. The Morgan fingerprint density at radius 2 is 2.09 bits per heavy atom. The SMILES string of the molecule is O=C([O-])c1cccc(NC(=O)[C@@H]2[C@@H]3C[C@@H]4[C@@H]2C(=O)O[C@@H]4C3)c1. The van der Waals surface area contributed by atoms with Gasteiger partial charge in [0, 0.05) is 11.6 Å². The summed E-state index contributed by atoms with van der Waals surface area (Å²) in [5.74, 6) is -2.16. The highest BCUT2D eigenvalue weighted by molar-refractivity contribution is 5.98. The average molecular weight is 300 g/mol. The van der Waals surface area contributed by atoms with E-state index in [-0.39, 0.29) is 47.2 Å². The number of hydrogen-bond acceptors (Lipinski definition) is 5. The Hall–Kier alpha value is -2.37. The van der Waals surface area contributed by atoms with Gasteiger partial charge in [-0.2, -0.15) is 0 Å². The lowest BCUT2D eigenvalue weighted by Gasteiger charge is -2.23. The van der Waals surface area contributed by atoms with Gasteiger partial charge in [0.25, 0.3) is 0 Å². The topological polar surface area (TPSA) is 95.5 Å². The van der Waals surface area contributed by atoms with Gasteiger partial charge in [-0.3, -0.25) is 9.59 Å². The molecular weight excluding hydrogens is 286 g/mol. The van der Waals surface area contributed by atoms with E-state index in [1.807, 2.05) is 0 Å². The Labute approximate surface area is 126 Å². The third-order valence-electron chi connectivity index (χ3n) is 5.15. The van der Waals surface area contributed by atoms with Crippen molar-refractivity contribution in [2.75, 3.05) is 5.32 Å². The lowest BCUT2D eigenvalue weighted by atomic mass is 9.79. The molecule has 6 nitrogen and oxygen atoms in total. The molecule has 1 saturated heterocycles. The minimum atomic E-state index is -1.29. The van der Waals surface area contributed by atoms with Crippen LogP contribution < -0.4 is 10.4 Å². The standard InChI is InChI=1S/C16H15NO5/c18-14(17-9-3-1-2-7(4-9)15(19)20)12-8-5-10-11(6-8)22-16(21)13(10)12/h1-4,8,10-13H,5-6H2,(H,17,18)(H,19,20)/p-1/t8-,10+,11-,12-,13+/m1/s1. The maximum atomic E-state index is 12.5. The van der Waals surface area contributed by atoms with Gasteiger partial charge in [0.1, 0.15) is 6.10 Å². The number of amides is 1. The number of carboxylic acid groups (broad SMARTS) is 1. The van der Waals surface area contributed by atoms with Crippen molar-refractivity contribution in [2.24, 2.45) is 23.7 Å². The normalized spacial score (nSPS) is 34.5. The van der Waals surface area contributed by atoms with E-state index in [0.717, 1.165) is 12.8 Å². The van der Waals surface area contributed by atoms with E-state index >= 15 is 0 Å². The van der Waals surface area contributed by atoms with Crippen LogP contribution in [0.2, 0.25) is 0 Å². The Kier molecular flexibility index (Phi) is 2.76. The molecule has 2 aliphatic carbocycles. The van der Waals surface area contributed by atoms with Gasteiger partial charge in [0.05, 0.1) is 17.8 Å². The molecule has 2 saturated carbocycles. The Bertz CT molecular complexity index is 683. The molecule has 0 spiro atoms. The lowest BCUT2D eigenvalue weighted by molar-refractivity contribution is -0.255. The molecule has 5 atom stereocenters. The first-order valence-corrected chi connectivity index (χ1v) is 7.37. The smallest absolute Gasteiger partial charge is 0.310 e. The summed E-state index contributed by atoms with van der Waals surface area (Å²) in [6.07, 6.45) is 1.61. The zero-order chi connectivity index (χ0) is 15.4. The van der Waals surface area contributed by atoms with Crippen molar-refractivity contribution in [2.45, 2.75) is 18.9 Å². The van der Waals surface area contributed by atoms with E-state index in [4.69, 9.17) is 4.74 Å².